The van der Waals surface area contributed by atoms with E-state index in [1.165, 1.54) is 0 Å². The summed E-state index contributed by atoms with van der Waals surface area (Å²) < 4.78 is 0. The molecule has 1 unspecified atom stereocenters. The first kappa shape index (κ1) is 11.0. The standard InChI is InChI=1S/C10H12ClN3/c1-2-3-4-10(14-12)8-5-9(11)7-13-6-8/h5-7,10,14H,4,12H2,1H3. The third-order valence-corrected chi connectivity index (χ3v) is 2.02. The monoisotopic (exact) mass is 209 g/mol. The molecule has 4 heteroatoms. The van der Waals surface area contributed by atoms with Gasteiger partial charge in [0.05, 0.1) is 11.1 Å². The molecule has 14 heavy (non-hydrogen) atoms. The van der Waals surface area contributed by atoms with E-state index in [9.17, 15) is 0 Å². The quantitative estimate of drug-likeness (QED) is 0.452. The highest BCUT2D eigenvalue weighted by atomic mass is 35.5. The Morgan fingerprint density at radius 1 is 1.64 bits per heavy atom. The van der Waals surface area contributed by atoms with Crippen molar-refractivity contribution in [1.82, 2.24) is 10.4 Å². The minimum absolute atomic E-state index is 0.0198. The second-order valence-corrected chi connectivity index (χ2v) is 3.22. The molecule has 0 radical (unpaired) electrons. The van der Waals surface area contributed by atoms with Crippen LogP contribution in [0.3, 0.4) is 0 Å². The largest absolute Gasteiger partial charge is 0.271 e. The summed E-state index contributed by atoms with van der Waals surface area (Å²) in [4.78, 5) is 3.99. The van der Waals surface area contributed by atoms with Gasteiger partial charge in [0.25, 0.3) is 0 Å². The number of halogens is 1. The maximum absolute atomic E-state index is 5.81. The number of nitrogens with two attached hydrogens (primary N) is 1. The fourth-order valence-corrected chi connectivity index (χ4v) is 1.28. The summed E-state index contributed by atoms with van der Waals surface area (Å²) in [7, 11) is 0. The first-order valence-corrected chi connectivity index (χ1v) is 4.62. The van der Waals surface area contributed by atoms with Crippen molar-refractivity contribution in [2.75, 3.05) is 0 Å². The van der Waals surface area contributed by atoms with Gasteiger partial charge in [0, 0.05) is 18.8 Å². The Balaban J connectivity index is 2.81. The first-order chi connectivity index (χ1) is 6.77. The van der Waals surface area contributed by atoms with Crippen LogP contribution in [0, 0.1) is 11.8 Å². The number of hydrogen-bond donors (Lipinski definition) is 2. The second-order valence-electron chi connectivity index (χ2n) is 2.79. The molecule has 3 N–H and O–H groups in total. The zero-order valence-corrected chi connectivity index (χ0v) is 8.67. The molecule has 0 fully saturated rings. The van der Waals surface area contributed by atoms with E-state index in [-0.39, 0.29) is 6.04 Å². The van der Waals surface area contributed by atoms with E-state index in [2.05, 4.69) is 22.3 Å². The lowest BCUT2D eigenvalue weighted by Crippen LogP contribution is -2.27. The van der Waals surface area contributed by atoms with Crippen molar-refractivity contribution in [2.24, 2.45) is 5.84 Å². The number of rotatable bonds is 3. The molecule has 0 aliphatic carbocycles. The van der Waals surface area contributed by atoms with Crippen molar-refractivity contribution >= 4 is 11.6 Å². The highest BCUT2D eigenvalue weighted by Crippen LogP contribution is 2.17. The number of hydrazine groups is 1. The van der Waals surface area contributed by atoms with Crippen LogP contribution in [0.4, 0.5) is 0 Å². The normalized spacial score (nSPS) is 11.6. The fourth-order valence-electron chi connectivity index (χ4n) is 1.10. The summed E-state index contributed by atoms with van der Waals surface area (Å²) in [6.45, 7) is 1.80. The Labute approximate surface area is 88.6 Å². The number of hydrogen-bond acceptors (Lipinski definition) is 3. The molecule has 0 aliphatic rings. The van der Waals surface area contributed by atoms with E-state index in [4.69, 9.17) is 17.4 Å². The summed E-state index contributed by atoms with van der Waals surface area (Å²) in [6, 6.07) is 1.81. The molecule has 1 rings (SSSR count). The van der Waals surface area contributed by atoms with Gasteiger partial charge in [-0.1, -0.05) is 11.6 Å². The number of aromatic nitrogens is 1. The zero-order valence-electron chi connectivity index (χ0n) is 7.92. The van der Waals surface area contributed by atoms with Gasteiger partial charge in [0.2, 0.25) is 0 Å². The van der Waals surface area contributed by atoms with Gasteiger partial charge in [0.1, 0.15) is 0 Å². The summed E-state index contributed by atoms with van der Waals surface area (Å²) in [6.07, 6.45) is 3.97. The van der Waals surface area contributed by atoms with Gasteiger partial charge in [-0.15, -0.1) is 11.8 Å². The van der Waals surface area contributed by atoms with Gasteiger partial charge < -0.3 is 0 Å². The number of pyridine rings is 1. The van der Waals surface area contributed by atoms with Gasteiger partial charge in [-0.2, -0.15) is 0 Å². The molecule has 0 amide bonds. The Morgan fingerprint density at radius 2 is 2.43 bits per heavy atom. The van der Waals surface area contributed by atoms with Gasteiger partial charge in [-0.3, -0.25) is 16.3 Å². The van der Waals surface area contributed by atoms with Crippen LogP contribution in [0.15, 0.2) is 18.5 Å². The highest BCUT2D eigenvalue weighted by molar-refractivity contribution is 6.30. The van der Waals surface area contributed by atoms with Crippen molar-refractivity contribution in [1.29, 1.82) is 0 Å². The Bertz CT molecular complexity index is 354. The van der Waals surface area contributed by atoms with Crippen LogP contribution >= 0.6 is 11.6 Å². The molecule has 74 valence electrons. The lowest BCUT2D eigenvalue weighted by atomic mass is 10.1. The molecule has 0 aromatic carbocycles. The summed E-state index contributed by atoms with van der Waals surface area (Å²) in [5.41, 5.74) is 3.63. The zero-order chi connectivity index (χ0) is 10.4. The molecule has 0 bridgehead atoms. The maximum Gasteiger partial charge on any atom is 0.0592 e. The maximum atomic E-state index is 5.81. The molecular formula is C10H12ClN3. The molecule has 1 aromatic rings. The second kappa shape index (κ2) is 5.61. The highest BCUT2D eigenvalue weighted by Gasteiger charge is 2.08. The SMILES string of the molecule is CC#CCC(NN)c1cncc(Cl)c1. The van der Waals surface area contributed by atoms with Gasteiger partial charge in [0.15, 0.2) is 0 Å². The molecule has 1 atom stereocenters. The van der Waals surface area contributed by atoms with E-state index in [0.717, 1.165) is 5.56 Å². The Hall–Kier alpha value is -1.08. The van der Waals surface area contributed by atoms with Crippen LogP contribution < -0.4 is 11.3 Å². The van der Waals surface area contributed by atoms with Gasteiger partial charge >= 0.3 is 0 Å². The van der Waals surface area contributed by atoms with Crippen molar-refractivity contribution in [3.63, 3.8) is 0 Å². The molecule has 0 saturated carbocycles. The van der Waals surface area contributed by atoms with Crippen LogP contribution in [0.25, 0.3) is 0 Å². The minimum Gasteiger partial charge on any atom is -0.271 e. The van der Waals surface area contributed by atoms with E-state index >= 15 is 0 Å². The van der Waals surface area contributed by atoms with Crippen LogP contribution in [0.5, 0.6) is 0 Å². The third-order valence-electron chi connectivity index (χ3n) is 1.81. The fraction of sp³-hybridized carbons (Fsp3) is 0.300. The van der Waals surface area contributed by atoms with Gasteiger partial charge in [-0.25, -0.2) is 0 Å². The molecule has 0 spiro atoms. The van der Waals surface area contributed by atoms with E-state index < -0.39 is 0 Å². The molecule has 0 aliphatic heterocycles. The summed E-state index contributed by atoms with van der Waals surface area (Å²) in [5.74, 6) is 11.2. The summed E-state index contributed by atoms with van der Waals surface area (Å²) >= 11 is 5.81. The van der Waals surface area contributed by atoms with E-state index in [1.807, 2.05) is 6.07 Å². The number of nitrogens with one attached hydrogen (secondary N) is 1. The number of nitrogens with zero attached hydrogens (tertiary/aromatic N) is 1. The average molecular weight is 210 g/mol. The lowest BCUT2D eigenvalue weighted by molar-refractivity contribution is 0.566. The van der Waals surface area contributed by atoms with Crippen LogP contribution in [0.1, 0.15) is 24.9 Å². The van der Waals surface area contributed by atoms with Crippen LogP contribution in [-0.2, 0) is 0 Å². The van der Waals surface area contributed by atoms with Crippen LogP contribution in [-0.4, -0.2) is 4.98 Å². The topological polar surface area (TPSA) is 50.9 Å². The van der Waals surface area contributed by atoms with Gasteiger partial charge in [-0.05, 0) is 18.6 Å². The first-order valence-electron chi connectivity index (χ1n) is 4.24. The molecule has 3 nitrogen and oxygen atoms in total. The Morgan fingerprint density at radius 3 is 3.00 bits per heavy atom. The Kier molecular flexibility index (Phi) is 4.41. The van der Waals surface area contributed by atoms with E-state index in [1.54, 1.807) is 19.3 Å². The molecule has 1 aromatic heterocycles. The van der Waals surface area contributed by atoms with Crippen molar-refractivity contribution in [3.05, 3.63) is 29.0 Å². The predicted molar refractivity (Wildman–Crippen MR) is 57.4 cm³/mol. The van der Waals surface area contributed by atoms with Crippen molar-refractivity contribution < 1.29 is 0 Å². The minimum atomic E-state index is -0.0198. The lowest BCUT2D eigenvalue weighted by Gasteiger charge is -2.12. The summed E-state index contributed by atoms with van der Waals surface area (Å²) in [5, 5.41) is 0.604. The van der Waals surface area contributed by atoms with Crippen LogP contribution in [0.2, 0.25) is 5.02 Å². The molecular weight excluding hydrogens is 198 g/mol. The molecule has 1 heterocycles. The predicted octanol–water partition coefficient (Wildman–Crippen LogP) is 1.65. The molecule has 0 saturated heterocycles. The third kappa shape index (κ3) is 3.00. The van der Waals surface area contributed by atoms with Crippen molar-refractivity contribution in [2.45, 2.75) is 19.4 Å². The smallest absolute Gasteiger partial charge is 0.0592 e. The van der Waals surface area contributed by atoms with Crippen molar-refractivity contribution in [3.8, 4) is 11.8 Å². The average Bonchev–Trinajstić information content (AvgIpc) is 2.19. The van der Waals surface area contributed by atoms with E-state index in [0.29, 0.717) is 11.4 Å².